The van der Waals surface area contributed by atoms with Crippen LogP contribution < -0.4 is 15.8 Å². The van der Waals surface area contributed by atoms with Gasteiger partial charge < -0.3 is 20.9 Å². The third kappa shape index (κ3) is 2.85. The number of hydrogen-bond donors (Lipinski definition) is 3. The van der Waals surface area contributed by atoms with Crippen molar-refractivity contribution in [1.29, 1.82) is 0 Å². The number of nitrogens with one attached hydrogen (secondary N) is 1. The van der Waals surface area contributed by atoms with E-state index in [0.29, 0.717) is 5.69 Å². The van der Waals surface area contributed by atoms with Gasteiger partial charge in [0.15, 0.2) is 11.6 Å². The molecule has 4 N–H and O–H groups in total. The van der Waals surface area contributed by atoms with E-state index in [0.717, 1.165) is 0 Å². The van der Waals surface area contributed by atoms with Crippen molar-refractivity contribution in [2.45, 2.75) is 38.8 Å². The van der Waals surface area contributed by atoms with Crippen molar-refractivity contribution >= 4 is 11.4 Å². The monoisotopic (exact) mass is 256 g/mol. The maximum absolute atomic E-state index is 13.4. The predicted molar refractivity (Wildman–Crippen MR) is 71.4 cm³/mol. The van der Waals surface area contributed by atoms with Gasteiger partial charge in [0, 0.05) is 12.1 Å². The van der Waals surface area contributed by atoms with E-state index in [1.54, 1.807) is 13.8 Å². The van der Waals surface area contributed by atoms with Crippen molar-refractivity contribution in [3.8, 4) is 5.75 Å². The number of aliphatic hydroxyl groups is 1. The van der Waals surface area contributed by atoms with Crippen LogP contribution >= 0.6 is 0 Å². The number of methoxy groups -OCH3 is 1. The summed E-state index contributed by atoms with van der Waals surface area (Å²) < 4.78 is 18.3. The fourth-order valence-electron chi connectivity index (χ4n) is 1.32. The third-order valence-corrected chi connectivity index (χ3v) is 3.30. The Morgan fingerprint density at radius 3 is 2.28 bits per heavy atom. The summed E-state index contributed by atoms with van der Waals surface area (Å²) in [4.78, 5) is 0. The second-order valence-corrected chi connectivity index (χ2v) is 5.38. The Morgan fingerprint density at radius 2 is 1.83 bits per heavy atom. The SMILES string of the molecule is COc1cc(NC(C)(C)C(C)(C)O)c(N)cc1F. The topological polar surface area (TPSA) is 67.5 Å². The maximum Gasteiger partial charge on any atom is 0.167 e. The number of benzene rings is 1. The van der Waals surface area contributed by atoms with Crippen LogP contribution in [0.15, 0.2) is 12.1 Å². The van der Waals surface area contributed by atoms with E-state index >= 15 is 0 Å². The molecule has 0 fully saturated rings. The number of nitrogen functional groups attached to an aromatic ring is 1. The van der Waals surface area contributed by atoms with Crippen molar-refractivity contribution in [2.24, 2.45) is 0 Å². The van der Waals surface area contributed by atoms with Crippen LogP contribution in [0.4, 0.5) is 15.8 Å². The Kier molecular flexibility index (Phi) is 3.76. The molecule has 18 heavy (non-hydrogen) atoms. The van der Waals surface area contributed by atoms with Gasteiger partial charge in [-0.1, -0.05) is 0 Å². The normalized spacial score (nSPS) is 12.4. The van der Waals surface area contributed by atoms with Crippen molar-refractivity contribution in [3.05, 3.63) is 17.9 Å². The summed E-state index contributed by atoms with van der Waals surface area (Å²) in [6, 6.07) is 2.68. The van der Waals surface area contributed by atoms with Gasteiger partial charge in [0.2, 0.25) is 0 Å². The van der Waals surface area contributed by atoms with Gasteiger partial charge in [-0.3, -0.25) is 0 Å². The summed E-state index contributed by atoms with van der Waals surface area (Å²) in [5.41, 5.74) is 4.95. The number of anilines is 2. The van der Waals surface area contributed by atoms with Gasteiger partial charge in [-0.15, -0.1) is 0 Å². The van der Waals surface area contributed by atoms with Gasteiger partial charge >= 0.3 is 0 Å². The number of rotatable bonds is 4. The lowest BCUT2D eigenvalue weighted by Gasteiger charge is -2.39. The quantitative estimate of drug-likeness (QED) is 0.723. The van der Waals surface area contributed by atoms with Gasteiger partial charge in [-0.25, -0.2) is 4.39 Å². The summed E-state index contributed by atoms with van der Waals surface area (Å²) in [5, 5.41) is 13.2. The molecule has 0 heterocycles. The van der Waals surface area contributed by atoms with E-state index in [1.807, 2.05) is 13.8 Å². The number of hydrogen-bond acceptors (Lipinski definition) is 4. The van der Waals surface area contributed by atoms with E-state index in [9.17, 15) is 9.50 Å². The van der Waals surface area contributed by atoms with Gasteiger partial charge in [0.25, 0.3) is 0 Å². The Labute approximate surface area is 107 Å². The van der Waals surface area contributed by atoms with Crippen LogP contribution in [0.5, 0.6) is 5.75 Å². The first kappa shape index (κ1) is 14.6. The Bertz CT molecular complexity index is 439. The van der Waals surface area contributed by atoms with Gasteiger partial charge in [0.1, 0.15) is 0 Å². The van der Waals surface area contributed by atoms with E-state index in [2.05, 4.69) is 5.32 Å². The molecular formula is C13H21FN2O2. The molecule has 0 atom stereocenters. The third-order valence-electron chi connectivity index (χ3n) is 3.30. The van der Waals surface area contributed by atoms with Crippen LogP contribution in [-0.2, 0) is 0 Å². The summed E-state index contributed by atoms with van der Waals surface area (Å²) in [6.45, 7) is 7.05. The van der Waals surface area contributed by atoms with E-state index in [4.69, 9.17) is 10.5 Å². The average Bonchev–Trinajstić information content (AvgIpc) is 2.20. The average molecular weight is 256 g/mol. The lowest BCUT2D eigenvalue weighted by Crippen LogP contribution is -2.51. The van der Waals surface area contributed by atoms with Crippen LogP contribution in [0.25, 0.3) is 0 Å². The first-order valence-electron chi connectivity index (χ1n) is 5.72. The molecule has 1 rings (SSSR count). The summed E-state index contributed by atoms with van der Waals surface area (Å²) in [6.07, 6.45) is 0. The molecule has 0 unspecified atom stereocenters. The fourth-order valence-corrected chi connectivity index (χ4v) is 1.32. The van der Waals surface area contributed by atoms with E-state index < -0.39 is 17.0 Å². The molecule has 0 aromatic heterocycles. The minimum atomic E-state index is -0.971. The Balaban J connectivity index is 3.12. The largest absolute Gasteiger partial charge is 0.494 e. The molecule has 0 aliphatic heterocycles. The predicted octanol–water partition coefficient (Wildman–Crippen LogP) is 2.38. The van der Waals surface area contributed by atoms with Crippen molar-refractivity contribution in [2.75, 3.05) is 18.2 Å². The summed E-state index contributed by atoms with van der Waals surface area (Å²) >= 11 is 0. The molecule has 0 radical (unpaired) electrons. The van der Waals surface area contributed by atoms with Crippen LogP contribution in [0.3, 0.4) is 0 Å². The molecule has 5 heteroatoms. The standard InChI is InChI=1S/C13H21FN2O2/c1-12(2,13(3,4)17)16-10-7-11(18-5)8(14)6-9(10)15/h6-7,16-17H,15H2,1-5H3. The molecule has 1 aromatic carbocycles. The van der Waals surface area contributed by atoms with Crippen molar-refractivity contribution in [3.63, 3.8) is 0 Å². The highest BCUT2D eigenvalue weighted by molar-refractivity contribution is 5.69. The molecule has 0 saturated heterocycles. The van der Waals surface area contributed by atoms with Crippen LogP contribution in [0, 0.1) is 5.82 Å². The molecule has 0 aliphatic carbocycles. The van der Waals surface area contributed by atoms with Gasteiger partial charge in [0.05, 0.1) is 29.6 Å². The molecule has 0 spiro atoms. The van der Waals surface area contributed by atoms with E-state index in [1.165, 1.54) is 19.2 Å². The van der Waals surface area contributed by atoms with Gasteiger partial charge in [-0.2, -0.15) is 0 Å². The smallest absolute Gasteiger partial charge is 0.167 e. The first-order valence-corrected chi connectivity index (χ1v) is 5.72. The zero-order chi connectivity index (χ0) is 14.1. The molecule has 0 amide bonds. The second kappa shape index (κ2) is 4.65. The van der Waals surface area contributed by atoms with E-state index in [-0.39, 0.29) is 11.4 Å². The highest BCUT2D eigenvalue weighted by Crippen LogP contribution is 2.33. The second-order valence-electron chi connectivity index (χ2n) is 5.38. The van der Waals surface area contributed by atoms with Crippen molar-refractivity contribution in [1.82, 2.24) is 0 Å². The number of nitrogens with two attached hydrogens (primary N) is 1. The Morgan fingerprint density at radius 1 is 1.28 bits per heavy atom. The lowest BCUT2D eigenvalue weighted by atomic mass is 9.85. The molecule has 0 bridgehead atoms. The molecule has 4 nitrogen and oxygen atoms in total. The maximum atomic E-state index is 13.4. The molecule has 0 aliphatic rings. The first-order chi connectivity index (χ1) is 8.08. The zero-order valence-electron chi connectivity index (χ0n) is 11.5. The highest BCUT2D eigenvalue weighted by Gasteiger charge is 2.35. The minimum absolute atomic E-state index is 0.109. The minimum Gasteiger partial charge on any atom is -0.494 e. The van der Waals surface area contributed by atoms with Crippen molar-refractivity contribution < 1.29 is 14.2 Å². The van der Waals surface area contributed by atoms with Crippen LogP contribution in [0.2, 0.25) is 0 Å². The van der Waals surface area contributed by atoms with Crippen LogP contribution in [0.1, 0.15) is 27.7 Å². The molecule has 0 saturated carbocycles. The Hall–Kier alpha value is -1.49. The van der Waals surface area contributed by atoms with Crippen LogP contribution in [-0.4, -0.2) is 23.4 Å². The van der Waals surface area contributed by atoms with Gasteiger partial charge in [-0.05, 0) is 27.7 Å². The number of ether oxygens (including phenoxy) is 1. The fraction of sp³-hybridized carbons (Fsp3) is 0.538. The highest BCUT2D eigenvalue weighted by atomic mass is 19.1. The summed E-state index contributed by atoms with van der Waals surface area (Å²) in [7, 11) is 1.39. The zero-order valence-corrected chi connectivity index (χ0v) is 11.5. The summed E-state index contributed by atoms with van der Waals surface area (Å²) in [5.74, 6) is -0.403. The number of halogens is 1. The molecule has 1 aromatic rings. The molecule has 102 valence electrons. The molecular weight excluding hydrogens is 235 g/mol. The lowest BCUT2D eigenvalue weighted by molar-refractivity contribution is 0.0241.